The Morgan fingerprint density at radius 3 is 3.05 bits per heavy atom. The number of hydrogen-bond donors (Lipinski definition) is 0. The van der Waals surface area contributed by atoms with Crippen LogP contribution >= 0.6 is 15.9 Å². The number of nitrogens with zero attached hydrogens (tertiary/aromatic N) is 2. The number of sulfonamides is 1. The maximum atomic E-state index is 11.5. The molecule has 106 valence electrons. The second kappa shape index (κ2) is 6.19. The molecule has 1 atom stereocenters. The Bertz CT molecular complexity index is 536. The van der Waals surface area contributed by atoms with Gasteiger partial charge in [-0.3, -0.25) is 0 Å². The molecular weight excluding hydrogens is 332 g/mol. The van der Waals surface area contributed by atoms with E-state index in [1.54, 1.807) is 6.20 Å². The van der Waals surface area contributed by atoms with E-state index >= 15 is 0 Å². The quantitative estimate of drug-likeness (QED) is 0.779. The Balaban J connectivity index is 1.92. The van der Waals surface area contributed by atoms with E-state index in [0.717, 1.165) is 12.8 Å². The van der Waals surface area contributed by atoms with Crippen LogP contribution in [-0.4, -0.2) is 43.7 Å². The van der Waals surface area contributed by atoms with Gasteiger partial charge in [0.05, 0.1) is 12.9 Å². The summed E-state index contributed by atoms with van der Waals surface area (Å²) in [5, 5.41) is 0. The third-order valence-corrected chi connectivity index (χ3v) is 5.02. The molecule has 1 fully saturated rings. The van der Waals surface area contributed by atoms with Crippen LogP contribution in [0.5, 0.6) is 5.75 Å². The van der Waals surface area contributed by atoms with Crippen molar-refractivity contribution in [2.75, 3.05) is 26.0 Å². The van der Waals surface area contributed by atoms with Gasteiger partial charge >= 0.3 is 0 Å². The van der Waals surface area contributed by atoms with Crippen molar-refractivity contribution in [1.29, 1.82) is 0 Å². The third-order valence-electron chi connectivity index (χ3n) is 3.15. The molecule has 5 nitrogen and oxygen atoms in total. The Labute approximate surface area is 122 Å². The van der Waals surface area contributed by atoms with E-state index in [-0.39, 0.29) is 5.92 Å². The highest BCUT2D eigenvalue weighted by Crippen LogP contribution is 2.24. The van der Waals surface area contributed by atoms with E-state index in [2.05, 4.69) is 20.9 Å². The SMILES string of the molecule is CS(=O)(=O)N1CCCC(COc2cccnc2Br)C1. The molecule has 0 radical (unpaired) electrons. The largest absolute Gasteiger partial charge is 0.490 e. The Hall–Kier alpha value is -0.660. The molecule has 2 heterocycles. The summed E-state index contributed by atoms with van der Waals surface area (Å²) < 4.78 is 31.0. The number of halogens is 1. The molecule has 1 saturated heterocycles. The molecule has 19 heavy (non-hydrogen) atoms. The van der Waals surface area contributed by atoms with Gasteiger partial charge < -0.3 is 4.74 Å². The van der Waals surface area contributed by atoms with Crippen LogP contribution in [0.1, 0.15) is 12.8 Å². The van der Waals surface area contributed by atoms with Crippen LogP contribution in [0.4, 0.5) is 0 Å². The van der Waals surface area contributed by atoms with Crippen molar-refractivity contribution < 1.29 is 13.2 Å². The average molecular weight is 349 g/mol. The van der Waals surface area contributed by atoms with Gasteiger partial charge in [0.1, 0.15) is 4.60 Å². The zero-order valence-electron chi connectivity index (χ0n) is 10.8. The van der Waals surface area contributed by atoms with Gasteiger partial charge in [-0.2, -0.15) is 0 Å². The van der Waals surface area contributed by atoms with Gasteiger partial charge in [0.25, 0.3) is 0 Å². The number of aromatic nitrogens is 1. The Morgan fingerprint density at radius 2 is 2.37 bits per heavy atom. The van der Waals surface area contributed by atoms with Crippen LogP contribution in [0.15, 0.2) is 22.9 Å². The van der Waals surface area contributed by atoms with Crippen LogP contribution in [0, 0.1) is 5.92 Å². The van der Waals surface area contributed by atoms with Crippen molar-refractivity contribution in [3.63, 3.8) is 0 Å². The maximum Gasteiger partial charge on any atom is 0.211 e. The van der Waals surface area contributed by atoms with E-state index in [4.69, 9.17) is 4.74 Å². The number of rotatable bonds is 4. The first-order valence-electron chi connectivity index (χ1n) is 6.15. The second-order valence-electron chi connectivity index (χ2n) is 4.73. The number of pyridine rings is 1. The molecule has 0 spiro atoms. The van der Waals surface area contributed by atoms with Crippen LogP contribution in [0.25, 0.3) is 0 Å². The molecular formula is C12H17BrN2O3S. The summed E-state index contributed by atoms with van der Waals surface area (Å²) in [5.74, 6) is 0.926. The Morgan fingerprint density at radius 1 is 1.58 bits per heavy atom. The zero-order valence-corrected chi connectivity index (χ0v) is 13.2. The smallest absolute Gasteiger partial charge is 0.211 e. The van der Waals surface area contributed by atoms with Crippen molar-refractivity contribution >= 4 is 26.0 Å². The monoisotopic (exact) mass is 348 g/mol. The van der Waals surface area contributed by atoms with Gasteiger partial charge in [-0.15, -0.1) is 0 Å². The first-order valence-corrected chi connectivity index (χ1v) is 8.79. The molecule has 0 saturated carbocycles. The highest BCUT2D eigenvalue weighted by atomic mass is 79.9. The standard InChI is InChI=1S/C12H17BrN2O3S/c1-19(16,17)15-7-3-4-10(8-15)9-18-11-5-2-6-14-12(11)13/h2,5-6,10H,3-4,7-9H2,1H3. The molecule has 1 unspecified atom stereocenters. The van der Waals surface area contributed by atoms with Crippen molar-refractivity contribution in [3.8, 4) is 5.75 Å². The summed E-state index contributed by atoms with van der Waals surface area (Å²) in [6.45, 7) is 1.67. The lowest BCUT2D eigenvalue weighted by molar-refractivity contribution is 0.179. The summed E-state index contributed by atoms with van der Waals surface area (Å²) in [6.07, 6.45) is 4.82. The molecule has 2 rings (SSSR count). The minimum absolute atomic E-state index is 0.232. The summed E-state index contributed by atoms with van der Waals surface area (Å²) >= 11 is 3.32. The van der Waals surface area contributed by atoms with Gasteiger partial charge in [0, 0.05) is 25.2 Å². The van der Waals surface area contributed by atoms with Crippen molar-refractivity contribution in [1.82, 2.24) is 9.29 Å². The predicted octanol–water partition coefficient (Wildman–Crippen LogP) is 1.89. The molecule has 0 bridgehead atoms. The number of hydrogen-bond acceptors (Lipinski definition) is 4. The molecule has 0 aromatic carbocycles. The molecule has 7 heteroatoms. The minimum atomic E-state index is -3.09. The number of piperidine rings is 1. The van der Waals surface area contributed by atoms with E-state index in [0.29, 0.717) is 30.0 Å². The van der Waals surface area contributed by atoms with Crippen LogP contribution < -0.4 is 4.74 Å². The maximum absolute atomic E-state index is 11.5. The summed E-state index contributed by atoms with van der Waals surface area (Å²) in [4.78, 5) is 4.08. The van der Waals surface area contributed by atoms with Gasteiger partial charge in [0.15, 0.2) is 5.75 Å². The Kier molecular flexibility index (Phi) is 4.81. The van der Waals surface area contributed by atoms with E-state index in [1.807, 2.05) is 12.1 Å². The fourth-order valence-corrected chi connectivity index (χ4v) is 3.46. The van der Waals surface area contributed by atoms with Crippen molar-refractivity contribution in [2.24, 2.45) is 5.92 Å². The molecule has 1 aliphatic heterocycles. The molecule has 0 aliphatic carbocycles. The van der Waals surface area contributed by atoms with Crippen LogP contribution in [0.2, 0.25) is 0 Å². The third kappa shape index (κ3) is 4.15. The highest BCUT2D eigenvalue weighted by Gasteiger charge is 2.26. The average Bonchev–Trinajstić information content (AvgIpc) is 2.37. The summed E-state index contributed by atoms with van der Waals surface area (Å²) in [7, 11) is -3.09. The first-order chi connectivity index (χ1) is 8.97. The predicted molar refractivity (Wildman–Crippen MR) is 76.6 cm³/mol. The molecule has 1 aliphatic rings. The minimum Gasteiger partial charge on any atom is -0.490 e. The topological polar surface area (TPSA) is 59.5 Å². The molecule has 0 amide bonds. The van der Waals surface area contributed by atoms with Crippen LogP contribution in [0.3, 0.4) is 0 Å². The fourth-order valence-electron chi connectivity index (χ4n) is 2.15. The fraction of sp³-hybridized carbons (Fsp3) is 0.583. The molecule has 1 aromatic rings. The van der Waals surface area contributed by atoms with Gasteiger partial charge in [-0.25, -0.2) is 17.7 Å². The number of ether oxygens (including phenoxy) is 1. The molecule has 0 N–H and O–H groups in total. The lowest BCUT2D eigenvalue weighted by atomic mass is 10.0. The van der Waals surface area contributed by atoms with Gasteiger partial charge in [-0.05, 0) is 40.9 Å². The van der Waals surface area contributed by atoms with Gasteiger partial charge in [-0.1, -0.05) is 0 Å². The van der Waals surface area contributed by atoms with E-state index < -0.39 is 10.0 Å². The first kappa shape index (κ1) is 14.7. The second-order valence-corrected chi connectivity index (χ2v) is 7.47. The molecule has 1 aromatic heterocycles. The lowest BCUT2D eigenvalue weighted by Crippen LogP contribution is -2.40. The van der Waals surface area contributed by atoms with Gasteiger partial charge in [0.2, 0.25) is 10.0 Å². The zero-order chi connectivity index (χ0) is 13.9. The summed E-state index contributed by atoms with van der Waals surface area (Å²) in [6, 6.07) is 3.65. The van der Waals surface area contributed by atoms with Crippen LogP contribution in [-0.2, 0) is 10.0 Å². The van der Waals surface area contributed by atoms with E-state index in [1.165, 1.54) is 10.6 Å². The lowest BCUT2D eigenvalue weighted by Gasteiger charge is -2.30. The van der Waals surface area contributed by atoms with E-state index in [9.17, 15) is 8.42 Å². The normalized spacial score (nSPS) is 21.3. The highest BCUT2D eigenvalue weighted by molar-refractivity contribution is 9.10. The van der Waals surface area contributed by atoms with Crippen molar-refractivity contribution in [3.05, 3.63) is 22.9 Å². The summed E-state index contributed by atoms with van der Waals surface area (Å²) in [5.41, 5.74) is 0. The van der Waals surface area contributed by atoms with Crippen molar-refractivity contribution in [2.45, 2.75) is 12.8 Å².